The summed E-state index contributed by atoms with van der Waals surface area (Å²) in [7, 11) is -2.80. The number of nitrogens with zero attached hydrogens (tertiary/aromatic N) is 4. The summed E-state index contributed by atoms with van der Waals surface area (Å²) in [5.41, 5.74) is 6.33. The summed E-state index contributed by atoms with van der Waals surface area (Å²) < 4.78 is 58.0. The van der Waals surface area contributed by atoms with Crippen LogP contribution in [0.15, 0.2) is 48.9 Å². The lowest BCUT2D eigenvalue weighted by Gasteiger charge is -2.31. The number of nitrogens with two attached hydrogens (primary N) is 1. The van der Waals surface area contributed by atoms with Crippen LogP contribution in [-0.2, 0) is 10.2 Å². The molecule has 1 aliphatic heterocycles. The first-order valence-electron chi connectivity index (χ1n) is 12.8. The molecule has 218 valence electrons. The van der Waals surface area contributed by atoms with Gasteiger partial charge in [-0.3, -0.25) is 9.52 Å². The smallest absolute Gasteiger partial charge is 0.301 e. The number of aromatic amines is 1. The lowest BCUT2D eigenvalue weighted by Crippen LogP contribution is -2.40. The summed E-state index contributed by atoms with van der Waals surface area (Å²) in [6.45, 7) is 3.39. The van der Waals surface area contributed by atoms with Gasteiger partial charge in [0.15, 0.2) is 5.82 Å². The van der Waals surface area contributed by atoms with Crippen molar-refractivity contribution < 1.29 is 22.0 Å². The van der Waals surface area contributed by atoms with Gasteiger partial charge >= 0.3 is 10.2 Å². The number of ketones is 1. The number of pyridine rings is 2. The number of benzene rings is 1. The Morgan fingerprint density at radius 2 is 1.85 bits per heavy atom. The maximum absolute atomic E-state index is 15.4. The quantitative estimate of drug-likeness (QED) is 0.257. The molecule has 4 N–H and O–H groups in total. The molecular formula is C27H30ClF2N7O3S. The minimum Gasteiger partial charge on any atom is -0.357 e. The Morgan fingerprint density at radius 3 is 2.51 bits per heavy atom. The molecule has 0 aliphatic carbocycles. The Kier molecular flexibility index (Phi) is 8.92. The van der Waals surface area contributed by atoms with Gasteiger partial charge in [0, 0.05) is 73.4 Å². The van der Waals surface area contributed by atoms with Crippen molar-refractivity contribution in [2.24, 2.45) is 5.73 Å². The summed E-state index contributed by atoms with van der Waals surface area (Å²) in [4.78, 5) is 27.4. The summed E-state index contributed by atoms with van der Waals surface area (Å²) in [6, 6.07) is 7.50. The fourth-order valence-electron chi connectivity index (χ4n) is 4.58. The number of anilines is 2. The largest absolute Gasteiger partial charge is 0.357 e. The van der Waals surface area contributed by atoms with E-state index in [1.807, 2.05) is 12.1 Å². The van der Waals surface area contributed by atoms with Crippen LogP contribution in [0.25, 0.3) is 22.2 Å². The van der Waals surface area contributed by atoms with E-state index in [0.29, 0.717) is 16.6 Å². The van der Waals surface area contributed by atoms with Gasteiger partial charge in [-0.05, 0) is 43.2 Å². The average molecular weight is 606 g/mol. The molecule has 14 heteroatoms. The van der Waals surface area contributed by atoms with Crippen LogP contribution in [0.1, 0.15) is 35.7 Å². The minimum absolute atomic E-state index is 0. The minimum atomic E-state index is -4.10. The van der Waals surface area contributed by atoms with Crippen LogP contribution in [0.3, 0.4) is 0 Å². The number of nitrogens with one attached hydrogen (secondary N) is 2. The number of rotatable bonds is 8. The van der Waals surface area contributed by atoms with E-state index in [4.69, 9.17) is 5.73 Å². The van der Waals surface area contributed by atoms with E-state index >= 15 is 4.39 Å². The molecule has 5 rings (SSSR count). The zero-order valence-electron chi connectivity index (χ0n) is 22.4. The van der Waals surface area contributed by atoms with Crippen molar-refractivity contribution in [3.63, 3.8) is 0 Å². The van der Waals surface area contributed by atoms with Crippen LogP contribution in [0, 0.1) is 11.6 Å². The Labute approximate surface area is 242 Å². The topological polar surface area (TPSA) is 137 Å². The molecule has 0 unspecified atom stereocenters. The summed E-state index contributed by atoms with van der Waals surface area (Å²) >= 11 is 0. The predicted molar refractivity (Wildman–Crippen MR) is 157 cm³/mol. The first-order chi connectivity index (χ1) is 19.1. The molecule has 1 saturated heterocycles. The van der Waals surface area contributed by atoms with Gasteiger partial charge in [-0.25, -0.2) is 18.7 Å². The summed E-state index contributed by atoms with van der Waals surface area (Å²) in [6.07, 6.45) is 6.46. The van der Waals surface area contributed by atoms with Gasteiger partial charge in [-0.1, -0.05) is 6.92 Å². The molecule has 1 aromatic carbocycles. The van der Waals surface area contributed by atoms with Gasteiger partial charge in [0.1, 0.15) is 17.3 Å². The zero-order valence-corrected chi connectivity index (χ0v) is 24.0. The molecule has 41 heavy (non-hydrogen) atoms. The molecular weight excluding hydrogens is 576 g/mol. The first kappa shape index (κ1) is 30.3. The number of carbonyl (C=O) groups is 1. The fraction of sp³-hybridized carbons (Fsp3) is 0.296. The normalized spacial score (nSPS) is 14.3. The van der Waals surface area contributed by atoms with E-state index in [2.05, 4.69) is 24.6 Å². The number of aromatic nitrogens is 3. The maximum Gasteiger partial charge on any atom is 0.301 e. The van der Waals surface area contributed by atoms with Crippen molar-refractivity contribution in [2.75, 3.05) is 36.3 Å². The molecule has 0 spiro atoms. The molecule has 0 atom stereocenters. The van der Waals surface area contributed by atoms with Gasteiger partial charge in [-0.15, -0.1) is 12.4 Å². The van der Waals surface area contributed by atoms with E-state index in [0.717, 1.165) is 53.8 Å². The highest BCUT2D eigenvalue weighted by Crippen LogP contribution is 2.30. The van der Waals surface area contributed by atoms with E-state index < -0.39 is 38.9 Å². The SMILES string of the molecule is CCN(C)S(=O)(=O)Nc1ccc(F)c(C(=O)c2c[nH]c3ncc(-c4ccc(N5CCC(N)CC5)nc4)cc23)c1F.Cl. The second-order valence-corrected chi connectivity index (χ2v) is 11.5. The van der Waals surface area contributed by atoms with Gasteiger partial charge in [0.25, 0.3) is 0 Å². The fourth-order valence-corrected chi connectivity index (χ4v) is 5.51. The number of carbonyl (C=O) groups excluding carboxylic acids is 1. The van der Waals surface area contributed by atoms with Crippen LogP contribution >= 0.6 is 12.4 Å². The molecule has 1 fully saturated rings. The standard InChI is InChI=1S/C27H29F2N7O3S.ClH/c1-3-35(2)40(38,39)34-22-6-5-21(28)24(25(22)29)26(37)20-15-33-27-19(20)12-17(14-32-27)16-4-7-23(31-13-16)36-10-8-18(30)9-11-36;/h4-7,12-15,18,34H,3,8-11,30H2,1-2H3,(H,32,33);1H. The first-order valence-corrected chi connectivity index (χ1v) is 14.2. The molecule has 0 bridgehead atoms. The number of piperidine rings is 1. The van der Waals surface area contributed by atoms with E-state index in [1.165, 1.54) is 13.2 Å². The Bertz CT molecular complexity index is 1670. The van der Waals surface area contributed by atoms with Crippen molar-refractivity contribution in [3.05, 3.63) is 71.7 Å². The maximum atomic E-state index is 15.4. The third-order valence-corrected chi connectivity index (χ3v) is 8.69. The lowest BCUT2D eigenvalue weighted by molar-refractivity contribution is 0.103. The highest BCUT2D eigenvalue weighted by molar-refractivity contribution is 7.90. The van der Waals surface area contributed by atoms with Crippen LogP contribution in [0.2, 0.25) is 0 Å². The zero-order chi connectivity index (χ0) is 28.6. The molecule has 1 aliphatic rings. The Hall–Kier alpha value is -3.65. The number of halogens is 3. The number of H-pyrrole nitrogens is 1. The number of fused-ring (bicyclic) bond motifs is 1. The average Bonchev–Trinajstić information content (AvgIpc) is 3.38. The van der Waals surface area contributed by atoms with Crippen molar-refractivity contribution in [2.45, 2.75) is 25.8 Å². The van der Waals surface area contributed by atoms with Gasteiger partial charge in [0.05, 0.1) is 11.3 Å². The second-order valence-electron chi connectivity index (χ2n) is 9.69. The van der Waals surface area contributed by atoms with Crippen LogP contribution in [0.4, 0.5) is 20.3 Å². The van der Waals surface area contributed by atoms with Gasteiger partial charge in [-0.2, -0.15) is 12.7 Å². The van der Waals surface area contributed by atoms with Crippen LogP contribution < -0.4 is 15.4 Å². The Morgan fingerprint density at radius 1 is 1.15 bits per heavy atom. The lowest BCUT2D eigenvalue weighted by atomic mass is 10.00. The third-order valence-electron chi connectivity index (χ3n) is 7.13. The summed E-state index contributed by atoms with van der Waals surface area (Å²) in [5, 5.41) is 0.354. The third kappa shape index (κ3) is 6.03. The Balaban J connectivity index is 0.00000387. The van der Waals surface area contributed by atoms with E-state index in [-0.39, 0.29) is 30.6 Å². The highest BCUT2D eigenvalue weighted by atomic mass is 35.5. The number of hydrogen-bond acceptors (Lipinski definition) is 7. The highest BCUT2D eigenvalue weighted by Gasteiger charge is 2.27. The van der Waals surface area contributed by atoms with Gasteiger partial charge < -0.3 is 15.6 Å². The van der Waals surface area contributed by atoms with Crippen molar-refractivity contribution in [3.8, 4) is 11.1 Å². The van der Waals surface area contributed by atoms with Crippen molar-refractivity contribution >= 4 is 50.9 Å². The van der Waals surface area contributed by atoms with E-state index in [1.54, 1.807) is 25.4 Å². The van der Waals surface area contributed by atoms with Crippen LogP contribution in [-0.4, -0.2) is 66.2 Å². The second kappa shape index (κ2) is 12.1. The van der Waals surface area contributed by atoms with Crippen molar-refractivity contribution in [1.29, 1.82) is 0 Å². The van der Waals surface area contributed by atoms with Crippen LogP contribution in [0.5, 0.6) is 0 Å². The summed E-state index contributed by atoms with van der Waals surface area (Å²) in [5.74, 6) is -2.54. The molecule has 0 amide bonds. The van der Waals surface area contributed by atoms with Crippen molar-refractivity contribution in [1.82, 2.24) is 19.3 Å². The predicted octanol–water partition coefficient (Wildman–Crippen LogP) is 4.09. The molecule has 0 saturated carbocycles. The molecule has 4 heterocycles. The molecule has 0 radical (unpaired) electrons. The molecule has 3 aromatic heterocycles. The van der Waals surface area contributed by atoms with E-state index in [9.17, 15) is 17.6 Å². The number of hydrogen-bond donors (Lipinski definition) is 3. The monoisotopic (exact) mass is 605 g/mol. The molecule has 4 aromatic rings. The molecule has 10 nitrogen and oxygen atoms in total. The van der Waals surface area contributed by atoms with Gasteiger partial charge in [0.2, 0.25) is 5.78 Å².